The first kappa shape index (κ1) is 13.2. The van der Waals surface area contributed by atoms with Gasteiger partial charge in [-0.3, -0.25) is 0 Å². The molecule has 0 saturated heterocycles. The molecule has 2 aliphatic carbocycles. The van der Waals surface area contributed by atoms with E-state index in [1.807, 2.05) is 0 Å². The summed E-state index contributed by atoms with van der Waals surface area (Å²) in [5.41, 5.74) is 0. The third-order valence-corrected chi connectivity index (χ3v) is 4.25. The van der Waals surface area contributed by atoms with Crippen molar-refractivity contribution in [3.63, 3.8) is 0 Å². The molecule has 1 aromatic heterocycles. The fraction of sp³-hybridized carbons (Fsp3) is 0.733. The van der Waals surface area contributed by atoms with E-state index < -0.39 is 0 Å². The summed E-state index contributed by atoms with van der Waals surface area (Å²) in [7, 11) is 0. The molecule has 3 nitrogen and oxygen atoms in total. The van der Waals surface area contributed by atoms with E-state index in [-0.39, 0.29) is 6.10 Å². The van der Waals surface area contributed by atoms with Gasteiger partial charge < -0.3 is 4.74 Å². The first-order valence-electron chi connectivity index (χ1n) is 7.31. The number of nitrogens with zero attached hydrogens (tertiary/aromatic N) is 2. The van der Waals surface area contributed by atoms with E-state index in [1.165, 1.54) is 19.3 Å². The van der Waals surface area contributed by atoms with Crippen LogP contribution in [0.15, 0.2) is 6.07 Å². The third kappa shape index (κ3) is 3.38. The molecule has 0 N–H and O–H groups in total. The summed E-state index contributed by atoms with van der Waals surface area (Å²) in [5, 5.41) is 0.504. The lowest BCUT2D eigenvalue weighted by Gasteiger charge is -2.31. The number of hydrogen-bond donors (Lipinski definition) is 0. The van der Waals surface area contributed by atoms with Crippen molar-refractivity contribution in [1.29, 1.82) is 0 Å². The Morgan fingerprint density at radius 3 is 2.42 bits per heavy atom. The summed E-state index contributed by atoms with van der Waals surface area (Å²) in [6.45, 7) is 4.60. The standard InChI is InChI=1S/C15H21ClN2O/c1-9-5-10(2)7-12(6-9)19-14-8-13(16)17-15(18-14)11-3-4-11/h8-12H,3-7H2,1-2H3. The highest BCUT2D eigenvalue weighted by molar-refractivity contribution is 6.29. The van der Waals surface area contributed by atoms with Crippen molar-refractivity contribution >= 4 is 11.6 Å². The highest BCUT2D eigenvalue weighted by Crippen LogP contribution is 2.39. The van der Waals surface area contributed by atoms with Crippen molar-refractivity contribution < 1.29 is 4.74 Å². The Morgan fingerprint density at radius 2 is 1.79 bits per heavy atom. The Bertz CT molecular complexity index is 451. The van der Waals surface area contributed by atoms with Gasteiger partial charge in [0.2, 0.25) is 5.88 Å². The van der Waals surface area contributed by atoms with Crippen LogP contribution in [0.3, 0.4) is 0 Å². The largest absolute Gasteiger partial charge is 0.474 e. The first-order valence-corrected chi connectivity index (χ1v) is 7.69. The highest BCUT2D eigenvalue weighted by atomic mass is 35.5. The Balaban J connectivity index is 1.71. The monoisotopic (exact) mass is 280 g/mol. The smallest absolute Gasteiger partial charge is 0.218 e. The lowest BCUT2D eigenvalue weighted by molar-refractivity contribution is 0.0963. The summed E-state index contributed by atoms with van der Waals surface area (Å²) in [5.74, 6) is 3.49. The number of ether oxygens (including phenoxy) is 1. The van der Waals surface area contributed by atoms with Gasteiger partial charge in [0.1, 0.15) is 17.1 Å². The Kier molecular flexibility index (Phi) is 3.66. The normalized spacial score (nSPS) is 31.2. The molecule has 2 fully saturated rings. The number of hydrogen-bond acceptors (Lipinski definition) is 3. The second kappa shape index (κ2) is 5.28. The molecule has 0 bridgehead atoms. The maximum atomic E-state index is 6.07. The van der Waals surface area contributed by atoms with Crippen molar-refractivity contribution in [1.82, 2.24) is 9.97 Å². The van der Waals surface area contributed by atoms with Crippen LogP contribution >= 0.6 is 11.6 Å². The van der Waals surface area contributed by atoms with Crippen molar-refractivity contribution in [2.45, 2.75) is 58.0 Å². The Hall–Kier alpha value is -0.830. The van der Waals surface area contributed by atoms with E-state index in [0.717, 1.165) is 30.5 Å². The quantitative estimate of drug-likeness (QED) is 0.778. The molecular formula is C15H21ClN2O. The highest BCUT2D eigenvalue weighted by Gasteiger charge is 2.29. The van der Waals surface area contributed by atoms with E-state index in [2.05, 4.69) is 23.8 Å². The molecule has 0 spiro atoms. The predicted molar refractivity (Wildman–Crippen MR) is 75.6 cm³/mol. The van der Waals surface area contributed by atoms with Crippen LogP contribution in [-0.4, -0.2) is 16.1 Å². The molecule has 4 heteroatoms. The molecule has 0 amide bonds. The molecule has 1 heterocycles. The molecule has 104 valence electrons. The minimum atomic E-state index is 0.275. The van der Waals surface area contributed by atoms with E-state index in [9.17, 15) is 0 Å². The molecule has 0 aliphatic heterocycles. The zero-order valence-electron chi connectivity index (χ0n) is 11.6. The molecule has 1 aromatic rings. The molecule has 0 aromatic carbocycles. The molecule has 19 heavy (non-hydrogen) atoms. The van der Waals surface area contributed by atoms with Crippen LogP contribution in [0, 0.1) is 11.8 Å². The maximum absolute atomic E-state index is 6.07. The molecule has 2 atom stereocenters. The summed E-state index contributed by atoms with van der Waals surface area (Å²) in [6.07, 6.45) is 6.17. The van der Waals surface area contributed by atoms with Crippen LogP contribution in [0.1, 0.15) is 57.7 Å². The van der Waals surface area contributed by atoms with Gasteiger partial charge in [0, 0.05) is 12.0 Å². The number of rotatable bonds is 3. The van der Waals surface area contributed by atoms with Crippen LogP contribution in [0.4, 0.5) is 0 Å². The van der Waals surface area contributed by atoms with E-state index in [1.54, 1.807) is 6.07 Å². The topological polar surface area (TPSA) is 35.0 Å². The van der Waals surface area contributed by atoms with Crippen LogP contribution in [0.5, 0.6) is 5.88 Å². The number of halogens is 1. The zero-order chi connectivity index (χ0) is 13.4. The zero-order valence-corrected chi connectivity index (χ0v) is 12.4. The van der Waals surface area contributed by atoms with Gasteiger partial charge in [-0.15, -0.1) is 0 Å². The maximum Gasteiger partial charge on any atom is 0.218 e. The second-order valence-corrected chi connectivity index (χ2v) is 6.71. The van der Waals surface area contributed by atoms with Crippen LogP contribution in [-0.2, 0) is 0 Å². The summed E-state index contributed by atoms with van der Waals surface area (Å²) >= 11 is 6.07. The molecular weight excluding hydrogens is 260 g/mol. The lowest BCUT2D eigenvalue weighted by atomic mass is 9.82. The van der Waals surface area contributed by atoms with Gasteiger partial charge >= 0.3 is 0 Å². The Labute approximate surface area is 119 Å². The van der Waals surface area contributed by atoms with Gasteiger partial charge in [0.05, 0.1) is 0 Å². The Morgan fingerprint density at radius 1 is 1.11 bits per heavy atom. The van der Waals surface area contributed by atoms with E-state index in [4.69, 9.17) is 16.3 Å². The van der Waals surface area contributed by atoms with Crippen LogP contribution < -0.4 is 4.74 Å². The van der Waals surface area contributed by atoms with E-state index >= 15 is 0 Å². The minimum absolute atomic E-state index is 0.275. The third-order valence-electron chi connectivity index (χ3n) is 4.05. The average Bonchev–Trinajstić information content (AvgIpc) is 3.09. The first-order chi connectivity index (χ1) is 9.10. The molecule has 2 aliphatic rings. The van der Waals surface area contributed by atoms with Gasteiger partial charge in [-0.05, 0) is 43.9 Å². The van der Waals surface area contributed by atoms with Gasteiger partial charge in [-0.2, -0.15) is 4.98 Å². The predicted octanol–water partition coefficient (Wildman–Crippen LogP) is 4.21. The fourth-order valence-corrected chi connectivity index (χ4v) is 3.32. The molecule has 3 rings (SSSR count). The summed E-state index contributed by atoms with van der Waals surface area (Å²) in [6, 6.07) is 1.75. The second-order valence-electron chi connectivity index (χ2n) is 6.32. The van der Waals surface area contributed by atoms with Crippen molar-refractivity contribution in [2.24, 2.45) is 11.8 Å². The van der Waals surface area contributed by atoms with Gasteiger partial charge in [0.15, 0.2) is 0 Å². The minimum Gasteiger partial charge on any atom is -0.474 e. The van der Waals surface area contributed by atoms with Gasteiger partial charge in [-0.1, -0.05) is 25.4 Å². The average molecular weight is 281 g/mol. The summed E-state index contributed by atoms with van der Waals surface area (Å²) in [4.78, 5) is 8.82. The SMILES string of the molecule is CC1CC(C)CC(Oc2cc(Cl)nc(C3CC3)n2)C1. The van der Waals surface area contributed by atoms with E-state index in [0.29, 0.717) is 17.0 Å². The van der Waals surface area contributed by atoms with Crippen LogP contribution in [0.25, 0.3) is 0 Å². The van der Waals surface area contributed by atoms with Gasteiger partial charge in [-0.25, -0.2) is 4.98 Å². The van der Waals surface area contributed by atoms with Gasteiger partial charge in [0.25, 0.3) is 0 Å². The van der Waals surface area contributed by atoms with Crippen molar-refractivity contribution in [2.75, 3.05) is 0 Å². The lowest BCUT2D eigenvalue weighted by Crippen LogP contribution is -2.28. The summed E-state index contributed by atoms with van der Waals surface area (Å²) < 4.78 is 6.06. The number of aromatic nitrogens is 2. The van der Waals surface area contributed by atoms with Crippen molar-refractivity contribution in [3.05, 3.63) is 17.0 Å². The molecule has 2 saturated carbocycles. The molecule has 2 unspecified atom stereocenters. The molecule has 0 radical (unpaired) electrons. The fourth-order valence-electron chi connectivity index (χ4n) is 3.14. The van der Waals surface area contributed by atoms with Crippen LogP contribution in [0.2, 0.25) is 5.15 Å². The van der Waals surface area contributed by atoms with Crippen molar-refractivity contribution in [3.8, 4) is 5.88 Å².